The van der Waals surface area contributed by atoms with E-state index in [0.29, 0.717) is 6.42 Å². The second-order valence-electron chi connectivity index (χ2n) is 3.25. The molecule has 2 rings (SSSR count). The van der Waals surface area contributed by atoms with Crippen LogP contribution in [0.25, 0.3) is 0 Å². The Kier molecular flexibility index (Phi) is 2.22. The topological polar surface area (TPSA) is 37.3 Å². The molecule has 68 valence electrons. The number of aliphatic hydroxyl groups excluding tert-OH is 1. The number of ketones is 1. The quantitative estimate of drug-likeness (QED) is 0.813. The molecule has 0 fully saturated rings. The highest BCUT2D eigenvalue weighted by atomic mass is 79.9. The Bertz CT molecular complexity index is 360. The van der Waals surface area contributed by atoms with Crippen molar-refractivity contribution in [1.29, 1.82) is 0 Å². The SMILES string of the molecule is O=C1c2ccc(Br)cc2CC1CO. The summed E-state index contributed by atoms with van der Waals surface area (Å²) in [5.41, 5.74) is 1.81. The number of halogens is 1. The lowest BCUT2D eigenvalue weighted by Crippen LogP contribution is -2.12. The minimum Gasteiger partial charge on any atom is -0.396 e. The molecule has 1 aliphatic rings. The third-order valence-electron chi connectivity index (χ3n) is 2.39. The largest absolute Gasteiger partial charge is 0.396 e. The number of Topliss-reactive ketones (excluding diaryl/α,β-unsaturated/α-hetero) is 1. The third kappa shape index (κ3) is 1.42. The highest BCUT2D eigenvalue weighted by molar-refractivity contribution is 9.10. The second-order valence-corrected chi connectivity index (χ2v) is 4.17. The number of rotatable bonds is 1. The maximum Gasteiger partial charge on any atom is 0.168 e. The van der Waals surface area contributed by atoms with Gasteiger partial charge < -0.3 is 5.11 Å². The first-order valence-corrected chi connectivity index (χ1v) is 4.95. The number of aliphatic hydroxyl groups is 1. The van der Waals surface area contributed by atoms with E-state index < -0.39 is 0 Å². The molecule has 0 saturated heterocycles. The van der Waals surface area contributed by atoms with Gasteiger partial charge in [-0.3, -0.25) is 4.79 Å². The lowest BCUT2D eigenvalue weighted by molar-refractivity contribution is 0.0883. The van der Waals surface area contributed by atoms with Crippen LogP contribution in [-0.2, 0) is 6.42 Å². The molecule has 0 bridgehead atoms. The maximum atomic E-state index is 11.6. The van der Waals surface area contributed by atoms with Gasteiger partial charge in [0.25, 0.3) is 0 Å². The van der Waals surface area contributed by atoms with Crippen molar-refractivity contribution < 1.29 is 9.90 Å². The highest BCUT2D eigenvalue weighted by Crippen LogP contribution is 2.28. The minimum absolute atomic E-state index is 0.0505. The zero-order valence-corrected chi connectivity index (χ0v) is 8.54. The molecule has 0 spiro atoms. The number of hydrogen-bond acceptors (Lipinski definition) is 2. The number of fused-ring (bicyclic) bond motifs is 1. The van der Waals surface area contributed by atoms with Gasteiger partial charge in [-0.1, -0.05) is 22.0 Å². The Morgan fingerprint density at radius 3 is 3.00 bits per heavy atom. The van der Waals surface area contributed by atoms with Gasteiger partial charge >= 0.3 is 0 Å². The normalized spacial score (nSPS) is 20.5. The molecule has 1 unspecified atom stereocenters. The summed E-state index contributed by atoms with van der Waals surface area (Å²) in [6, 6.07) is 5.62. The van der Waals surface area contributed by atoms with Gasteiger partial charge in [-0.05, 0) is 24.1 Å². The van der Waals surface area contributed by atoms with Gasteiger partial charge in [-0.25, -0.2) is 0 Å². The van der Waals surface area contributed by atoms with Crippen LogP contribution < -0.4 is 0 Å². The van der Waals surface area contributed by atoms with Crippen LogP contribution in [0.4, 0.5) is 0 Å². The van der Waals surface area contributed by atoms with Crippen LogP contribution in [0.5, 0.6) is 0 Å². The van der Waals surface area contributed by atoms with Crippen LogP contribution in [0.1, 0.15) is 15.9 Å². The van der Waals surface area contributed by atoms with E-state index >= 15 is 0 Å². The third-order valence-corrected chi connectivity index (χ3v) is 2.88. The van der Waals surface area contributed by atoms with Gasteiger partial charge in [0.2, 0.25) is 0 Å². The summed E-state index contributed by atoms with van der Waals surface area (Å²) in [5.74, 6) is -0.144. The van der Waals surface area contributed by atoms with E-state index in [-0.39, 0.29) is 18.3 Å². The number of carbonyl (C=O) groups excluding carboxylic acids is 1. The average Bonchev–Trinajstić information content (AvgIpc) is 2.42. The highest BCUT2D eigenvalue weighted by Gasteiger charge is 2.29. The van der Waals surface area contributed by atoms with E-state index in [1.165, 1.54) is 0 Å². The Hall–Kier alpha value is -0.670. The Morgan fingerprint density at radius 1 is 1.54 bits per heavy atom. The lowest BCUT2D eigenvalue weighted by Gasteiger charge is -1.99. The van der Waals surface area contributed by atoms with E-state index in [9.17, 15) is 4.79 Å². The molecule has 1 N–H and O–H groups in total. The first-order valence-electron chi connectivity index (χ1n) is 4.16. The Labute approximate surface area is 84.7 Å². The van der Waals surface area contributed by atoms with Crippen LogP contribution in [-0.4, -0.2) is 17.5 Å². The molecule has 0 heterocycles. The van der Waals surface area contributed by atoms with Gasteiger partial charge in [-0.15, -0.1) is 0 Å². The summed E-state index contributed by atoms with van der Waals surface area (Å²) in [5, 5.41) is 8.95. The van der Waals surface area contributed by atoms with Crippen LogP contribution in [0, 0.1) is 5.92 Å². The van der Waals surface area contributed by atoms with Gasteiger partial charge in [0.15, 0.2) is 5.78 Å². The average molecular weight is 241 g/mol. The Morgan fingerprint density at radius 2 is 2.31 bits per heavy atom. The zero-order chi connectivity index (χ0) is 9.42. The van der Waals surface area contributed by atoms with Gasteiger partial charge in [0, 0.05) is 16.0 Å². The van der Waals surface area contributed by atoms with Crippen molar-refractivity contribution >= 4 is 21.7 Å². The molecule has 1 aromatic rings. The van der Waals surface area contributed by atoms with Crippen LogP contribution in [0.15, 0.2) is 22.7 Å². The zero-order valence-electron chi connectivity index (χ0n) is 6.96. The molecule has 1 aromatic carbocycles. The predicted molar refractivity (Wildman–Crippen MR) is 52.8 cm³/mol. The summed E-state index contributed by atoms with van der Waals surface area (Å²) in [6.45, 7) is -0.0505. The second kappa shape index (κ2) is 3.24. The summed E-state index contributed by atoms with van der Waals surface area (Å²) in [7, 11) is 0. The van der Waals surface area contributed by atoms with Crippen molar-refractivity contribution in [3.8, 4) is 0 Å². The van der Waals surface area contributed by atoms with Crippen molar-refractivity contribution in [2.75, 3.05) is 6.61 Å². The number of hydrogen-bond donors (Lipinski definition) is 1. The van der Waals surface area contributed by atoms with E-state index in [4.69, 9.17) is 5.11 Å². The molecule has 0 amide bonds. The fourth-order valence-corrected chi connectivity index (χ4v) is 2.11. The van der Waals surface area contributed by atoms with E-state index in [0.717, 1.165) is 15.6 Å². The first kappa shape index (κ1) is 8.91. The molecule has 0 saturated carbocycles. The predicted octanol–water partition coefficient (Wildman–Crippen LogP) is 1.80. The van der Waals surface area contributed by atoms with Crippen LogP contribution in [0.3, 0.4) is 0 Å². The summed E-state index contributed by atoms with van der Waals surface area (Å²) in [6.07, 6.45) is 0.671. The van der Waals surface area contributed by atoms with Gasteiger partial charge in [0.1, 0.15) is 0 Å². The van der Waals surface area contributed by atoms with E-state index in [2.05, 4.69) is 15.9 Å². The maximum absolute atomic E-state index is 11.6. The molecule has 0 aliphatic heterocycles. The minimum atomic E-state index is -0.218. The molecule has 1 aliphatic carbocycles. The summed E-state index contributed by atoms with van der Waals surface area (Å²) >= 11 is 3.35. The Balaban J connectivity index is 2.44. The van der Waals surface area contributed by atoms with Gasteiger partial charge in [-0.2, -0.15) is 0 Å². The van der Waals surface area contributed by atoms with Crippen molar-refractivity contribution in [2.24, 2.45) is 5.92 Å². The van der Waals surface area contributed by atoms with Crippen LogP contribution in [0.2, 0.25) is 0 Å². The van der Waals surface area contributed by atoms with Gasteiger partial charge in [0.05, 0.1) is 6.61 Å². The van der Waals surface area contributed by atoms with Crippen LogP contribution >= 0.6 is 15.9 Å². The summed E-state index contributed by atoms with van der Waals surface area (Å²) < 4.78 is 0.984. The number of carbonyl (C=O) groups is 1. The first-order chi connectivity index (χ1) is 6.22. The van der Waals surface area contributed by atoms with Crippen molar-refractivity contribution in [2.45, 2.75) is 6.42 Å². The van der Waals surface area contributed by atoms with Crippen molar-refractivity contribution in [1.82, 2.24) is 0 Å². The molecular weight excluding hydrogens is 232 g/mol. The van der Waals surface area contributed by atoms with E-state index in [1.807, 2.05) is 18.2 Å². The number of benzene rings is 1. The molecule has 0 aromatic heterocycles. The standard InChI is InChI=1S/C10H9BrO2/c11-8-1-2-9-6(4-8)3-7(5-12)10(9)13/h1-2,4,7,12H,3,5H2. The fourth-order valence-electron chi connectivity index (χ4n) is 1.70. The molecule has 0 radical (unpaired) electrons. The fraction of sp³-hybridized carbons (Fsp3) is 0.300. The molecule has 2 nitrogen and oxygen atoms in total. The van der Waals surface area contributed by atoms with Crippen molar-refractivity contribution in [3.63, 3.8) is 0 Å². The smallest absolute Gasteiger partial charge is 0.168 e. The molecule has 1 atom stereocenters. The molecule has 3 heteroatoms. The molecular formula is C10H9BrO2. The lowest BCUT2D eigenvalue weighted by atomic mass is 10.1. The van der Waals surface area contributed by atoms with E-state index in [1.54, 1.807) is 0 Å². The summed E-state index contributed by atoms with van der Waals surface area (Å²) in [4.78, 5) is 11.6. The monoisotopic (exact) mass is 240 g/mol. The molecule has 13 heavy (non-hydrogen) atoms. The van der Waals surface area contributed by atoms with Crippen molar-refractivity contribution in [3.05, 3.63) is 33.8 Å².